The molecule has 0 fully saturated rings. The molecule has 0 radical (unpaired) electrons. The number of anilines is 2. The fourth-order valence-corrected chi connectivity index (χ4v) is 1.71. The summed E-state index contributed by atoms with van der Waals surface area (Å²) < 4.78 is 0. The number of para-hydroxylation sites is 1. The SMILES string of the molecule is CCc1ccccc1NC(=O)c1cccc(N)n1. The molecule has 92 valence electrons. The highest BCUT2D eigenvalue weighted by atomic mass is 16.1. The lowest BCUT2D eigenvalue weighted by Crippen LogP contribution is -2.15. The Kier molecular flexibility index (Phi) is 3.57. The molecule has 1 amide bonds. The maximum Gasteiger partial charge on any atom is 0.274 e. The number of carbonyl (C=O) groups excluding carboxylic acids is 1. The molecule has 1 aromatic heterocycles. The fourth-order valence-electron chi connectivity index (χ4n) is 1.71. The molecule has 0 aliphatic heterocycles. The molecule has 18 heavy (non-hydrogen) atoms. The molecule has 2 rings (SSSR count). The molecule has 0 saturated carbocycles. The number of nitrogens with one attached hydrogen (secondary N) is 1. The summed E-state index contributed by atoms with van der Waals surface area (Å²) in [5.41, 5.74) is 7.78. The zero-order valence-corrected chi connectivity index (χ0v) is 10.2. The van der Waals surface area contributed by atoms with E-state index in [1.165, 1.54) is 0 Å². The van der Waals surface area contributed by atoms with E-state index in [1.54, 1.807) is 18.2 Å². The number of nitrogens with zero attached hydrogens (tertiary/aromatic N) is 1. The van der Waals surface area contributed by atoms with Crippen LogP contribution in [0.1, 0.15) is 23.0 Å². The van der Waals surface area contributed by atoms with Crippen molar-refractivity contribution in [2.45, 2.75) is 13.3 Å². The molecule has 0 spiro atoms. The third-order valence-electron chi connectivity index (χ3n) is 2.65. The van der Waals surface area contributed by atoms with Gasteiger partial charge in [0.2, 0.25) is 0 Å². The lowest BCUT2D eigenvalue weighted by molar-refractivity contribution is 0.102. The summed E-state index contributed by atoms with van der Waals surface area (Å²) in [4.78, 5) is 16.0. The summed E-state index contributed by atoms with van der Waals surface area (Å²) in [5.74, 6) is 0.0922. The van der Waals surface area contributed by atoms with Crippen molar-refractivity contribution in [2.75, 3.05) is 11.1 Å². The molecule has 4 nitrogen and oxygen atoms in total. The monoisotopic (exact) mass is 241 g/mol. The van der Waals surface area contributed by atoms with Crippen LogP contribution in [0.15, 0.2) is 42.5 Å². The van der Waals surface area contributed by atoms with Crippen LogP contribution in [0.25, 0.3) is 0 Å². The van der Waals surface area contributed by atoms with Crippen LogP contribution < -0.4 is 11.1 Å². The summed E-state index contributed by atoms with van der Waals surface area (Å²) in [5, 5.41) is 2.85. The maximum atomic E-state index is 12.0. The highest BCUT2D eigenvalue weighted by molar-refractivity contribution is 6.03. The van der Waals surface area contributed by atoms with Crippen molar-refractivity contribution in [2.24, 2.45) is 0 Å². The van der Waals surface area contributed by atoms with E-state index in [-0.39, 0.29) is 5.91 Å². The Labute approximate surface area is 106 Å². The zero-order valence-electron chi connectivity index (χ0n) is 10.2. The number of rotatable bonds is 3. The summed E-state index contributed by atoms with van der Waals surface area (Å²) in [7, 11) is 0. The Morgan fingerprint density at radius 2 is 2.00 bits per heavy atom. The minimum atomic E-state index is -0.247. The number of nitrogens with two attached hydrogens (primary N) is 1. The summed E-state index contributed by atoms with van der Waals surface area (Å²) >= 11 is 0. The number of benzene rings is 1. The highest BCUT2D eigenvalue weighted by Crippen LogP contribution is 2.16. The van der Waals surface area contributed by atoms with Gasteiger partial charge in [0.05, 0.1) is 0 Å². The lowest BCUT2D eigenvalue weighted by atomic mass is 10.1. The molecule has 0 aliphatic carbocycles. The first-order valence-corrected chi connectivity index (χ1v) is 5.82. The zero-order chi connectivity index (χ0) is 13.0. The average Bonchev–Trinajstić information content (AvgIpc) is 2.39. The van der Waals surface area contributed by atoms with Gasteiger partial charge in [0, 0.05) is 5.69 Å². The number of carbonyl (C=O) groups is 1. The van der Waals surface area contributed by atoms with Crippen LogP contribution in [-0.2, 0) is 6.42 Å². The number of aryl methyl sites for hydroxylation is 1. The van der Waals surface area contributed by atoms with Crippen molar-refractivity contribution >= 4 is 17.4 Å². The molecular weight excluding hydrogens is 226 g/mol. The first kappa shape index (κ1) is 12.1. The van der Waals surface area contributed by atoms with Crippen LogP contribution in [0.2, 0.25) is 0 Å². The second-order valence-electron chi connectivity index (χ2n) is 3.91. The van der Waals surface area contributed by atoms with E-state index in [4.69, 9.17) is 5.73 Å². The van der Waals surface area contributed by atoms with E-state index in [1.807, 2.05) is 31.2 Å². The maximum absolute atomic E-state index is 12.0. The van der Waals surface area contributed by atoms with Crippen LogP contribution in [0.4, 0.5) is 11.5 Å². The summed E-state index contributed by atoms with van der Waals surface area (Å²) in [6.45, 7) is 2.05. The quantitative estimate of drug-likeness (QED) is 0.867. The minimum absolute atomic E-state index is 0.247. The molecule has 0 saturated heterocycles. The van der Waals surface area contributed by atoms with Crippen LogP contribution in [0, 0.1) is 0 Å². The molecular formula is C14H15N3O. The van der Waals surface area contributed by atoms with Crippen LogP contribution >= 0.6 is 0 Å². The molecule has 0 unspecified atom stereocenters. The van der Waals surface area contributed by atoms with Gasteiger partial charge in [-0.05, 0) is 30.2 Å². The van der Waals surface area contributed by atoms with Gasteiger partial charge in [0.1, 0.15) is 11.5 Å². The number of hydrogen-bond donors (Lipinski definition) is 2. The number of amides is 1. The van der Waals surface area contributed by atoms with E-state index < -0.39 is 0 Å². The predicted molar refractivity (Wildman–Crippen MR) is 72.4 cm³/mol. The van der Waals surface area contributed by atoms with Gasteiger partial charge in [0.15, 0.2) is 0 Å². The Balaban J connectivity index is 2.21. The van der Waals surface area contributed by atoms with Crippen LogP contribution in [-0.4, -0.2) is 10.9 Å². The minimum Gasteiger partial charge on any atom is -0.384 e. The largest absolute Gasteiger partial charge is 0.384 e. The molecule has 0 atom stereocenters. The summed E-state index contributed by atoms with van der Waals surface area (Å²) in [6.07, 6.45) is 0.862. The van der Waals surface area contributed by atoms with Gasteiger partial charge in [-0.25, -0.2) is 4.98 Å². The lowest BCUT2D eigenvalue weighted by Gasteiger charge is -2.09. The van der Waals surface area contributed by atoms with Gasteiger partial charge >= 0.3 is 0 Å². The van der Waals surface area contributed by atoms with Gasteiger partial charge in [-0.1, -0.05) is 31.2 Å². The first-order chi connectivity index (χ1) is 8.70. The molecule has 1 aromatic carbocycles. The van der Waals surface area contributed by atoms with Crippen molar-refractivity contribution in [1.29, 1.82) is 0 Å². The smallest absolute Gasteiger partial charge is 0.274 e. The van der Waals surface area contributed by atoms with Gasteiger partial charge in [-0.3, -0.25) is 4.79 Å². The molecule has 0 bridgehead atoms. The second kappa shape index (κ2) is 5.31. The number of nitrogen functional groups attached to an aromatic ring is 1. The third-order valence-corrected chi connectivity index (χ3v) is 2.65. The van der Waals surface area contributed by atoms with E-state index in [0.29, 0.717) is 11.5 Å². The van der Waals surface area contributed by atoms with E-state index in [2.05, 4.69) is 10.3 Å². The van der Waals surface area contributed by atoms with Crippen LogP contribution in [0.3, 0.4) is 0 Å². The molecule has 1 heterocycles. The first-order valence-electron chi connectivity index (χ1n) is 5.82. The number of aromatic nitrogens is 1. The normalized spacial score (nSPS) is 10.1. The Hall–Kier alpha value is -2.36. The van der Waals surface area contributed by atoms with E-state index >= 15 is 0 Å². The molecule has 4 heteroatoms. The standard InChI is InChI=1S/C14H15N3O/c1-2-10-6-3-4-7-11(10)17-14(18)12-8-5-9-13(15)16-12/h3-9H,2H2,1H3,(H2,15,16)(H,17,18). The molecule has 2 aromatic rings. The van der Waals surface area contributed by atoms with E-state index in [9.17, 15) is 4.79 Å². The van der Waals surface area contributed by atoms with Crippen LogP contribution in [0.5, 0.6) is 0 Å². The van der Waals surface area contributed by atoms with Gasteiger partial charge in [-0.2, -0.15) is 0 Å². The van der Waals surface area contributed by atoms with Gasteiger partial charge in [0.25, 0.3) is 5.91 Å². The topological polar surface area (TPSA) is 68.0 Å². The van der Waals surface area contributed by atoms with Crippen molar-refractivity contribution in [1.82, 2.24) is 4.98 Å². The number of pyridine rings is 1. The van der Waals surface area contributed by atoms with E-state index in [0.717, 1.165) is 17.7 Å². The van der Waals surface area contributed by atoms with Gasteiger partial charge in [-0.15, -0.1) is 0 Å². The number of hydrogen-bond acceptors (Lipinski definition) is 3. The molecule has 0 aliphatic rings. The Morgan fingerprint density at radius 1 is 1.22 bits per heavy atom. The van der Waals surface area contributed by atoms with Crippen molar-refractivity contribution in [3.8, 4) is 0 Å². The Bertz CT molecular complexity index is 566. The van der Waals surface area contributed by atoms with Crippen molar-refractivity contribution in [3.63, 3.8) is 0 Å². The van der Waals surface area contributed by atoms with Gasteiger partial charge < -0.3 is 11.1 Å². The fraction of sp³-hybridized carbons (Fsp3) is 0.143. The predicted octanol–water partition coefficient (Wildman–Crippen LogP) is 2.48. The van der Waals surface area contributed by atoms with Crippen molar-refractivity contribution in [3.05, 3.63) is 53.7 Å². The molecule has 3 N–H and O–H groups in total. The Morgan fingerprint density at radius 3 is 2.72 bits per heavy atom. The average molecular weight is 241 g/mol. The van der Waals surface area contributed by atoms with Crippen molar-refractivity contribution < 1.29 is 4.79 Å². The summed E-state index contributed by atoms with van der Waals surface area (Å²) in [6, 6.07) is 12.7. The third kappa shape index (κ3) is 2.66. The second-order valence-corrected chi connectivity index (χ2v) is 3.91. The highest BCUT2D eigenvalue weighted by Gasteiger charge is 2.09.